The zero-order chi connectivity index (χ0) is 19.8. The average molecular weight is 370 g/mol. The monoisotopic (exact) mass is 370 g/mol. The summed E-state index contributed by atoms with van der Waals surface area (Å²) in [6, 6.07) is 15.0. The average Bonchev–Trinajstić information content (AvgIpc) is 2.69. The minimum Gasteiger partial charge on any atom is -0.449 e. The molecule has 0 fully saturated rings. The standard InChI is InChI=1S/C20H22N2O5/c1-3-15(16-8-5-4-6-9-16)13-21-19(23)14(2)27-20(24)17-10-7-11-18(12-17)22(25)26/h4-12,14-15H,3,13H2,1-2H3,(H,21,23)/t14-,15+/m1/s1. The van der Waals surface area contributed by atoms with Crippen molar-refractivity contribution in [3.05, 3.63) is 75.8 Å². The lowest BCUT2D eigenvalue weighted by molar-refractivity contribution is -0.384. The number of benzene rings is 2. The number of carbonyl (C=O) groups is 2. The predicted octanol–water partition coefficient (Wildman–Crippen LogP) is 3.45. The maximum absolute atomic E-state index is 12.2. The third-order valence-corrected chi connectivity index (χ3v) is 4.23. The molecule has 0 aromatic heterocycles. The van der Waals surface area contributed by atoms with Crippen LogP contribution in [0.25, 0.3) is 0 Å². The van der Waals surface area contributed by atoms with Gasteiger partial charge in [0.05, 0.1) is 10.5 Å². The van der Waals surface area contributed by atoms with Crippen molar-refractivity contribution in [3.63, 3.8) is 0 Å². The van der Waals surface area contributed by atoms with Crippen molar-refractivity contribution < 1.29 is 19.2 Å². The van der Waals surface area contributed by atoms with Gasteiger partial charge in [0.15, 0.2) is 6.10 Å². The first-order chi connectivity index (χ1) is 12.9. The first-order valence-electron chi connectivity index (χ1n) is 8.70. The summed E-state index contributed by atoms with van der Waals surface area (Å²) in [5.74, 6) is -1.03. The highest BCUT2D eigenvalue weighted by atomic mass is 16.6. The highest BCUT2D eigenvalue weighted by molar-refractivity contribution is 5.92. The number of carbonyl (C=O) groups excluding carboxylic acids is 2. The van der Waals surface area contributed by atoms with Crippen molar-refractivity contribution in [3.8, 4) is 0 Å². The van der Waals surface area contributed by atoms with Crippen LogP contribution in [0, 0.1) is 10.1 Å². The molecule has 142 valence electrons. The van der Waals surface area contributed by atoms with Crippen LogP contribution >= 0.6 is 0 Å². The van der Waals surface area contributed by atoms with Crippen LogP contribution in [0.3, 0.4) is 0 Å². The van der Waals surface area contributed by atoms with Gasteiger partial charge < -0.3 is 10.1 Å². The van der Waals surface area contributed by atoms with E-state index in [1.54, 1.807) is 0 Å². The number of nitrogens with one attached hydrogen (secondary N) is 1. The molecule has 0 aliphatic carbocycles. The molecule has 0 heterocycles. The molecule has 2 rings (SSSR count). The molecule has 2 atom stereocenters. The molecule has 0 aliphatic heterocycles. The van der Waals surface area contributed by atoms with E-state index in [9.17, 15) is 19.7 Å². The molecular weight excluding hydrogens is 348 g/mol. The van der Waals surface area contributed by atoms with Gasteiger partial charge in [-0.05, 0) is 25.0 Å². The van der Waals surface area contributed by atoms with E-state index in [1.807, 2.05) is 37.3 Å². The van der Waals surface area contributed by atoms with Crippen LogP contribution in [0.2, 0.25) is 0 Å². The SMILES string of the molecule is CC[C@@H](CNC(=O)[C@@H](C)OC(=O)c1cccc([N+](=O)[O-])c1)c1ccccc1. The van der Waals surface area contributed by atoms with Crippen molar-refractivity contribution in [2.24, 2.45) is 0 Å². The van der Waals surface area contributed by atoms with Crippen molar-refractivity contribution in [2.45, 2.75) is 32.3 Å². The van der Waals surface area contributed by atoms with Gasteiger partial charge in [0, 0.05) is 24.6 Å². The van der Waals surface area contributed by atoms with E-state index < -0.39 is 22.9 Å². The highest BCUT2D eigenvalue weighted by Gasteiger charge is 2.21. The molecule has 7 nitrogen and oxygen atoms in total. The molecule has 27 heavy (non-hydrogen) atoms. The molecular formula is C20H22N2O5. The second kappa shape index (κ2) is 9.47. The first kappa shape index (κ1) is 20.1. The van der Waals surface area contributed by atoms with Gasteiger partial charge in [0.1, 0.15) is 0 Å². The third kappa shape index (κ3) is 5.64. The Morgan fingerprint density at radius 1 is 1.15 bits per heavy atom. The summed E-state index contributed by atoms with van der Waals surface area (Å²) in [4.78, 5) is 34.6. The van der Waals surface area contributed by atoms with Crippen LogP contribution in [0.4, 0.5) is 5.69 Å². The fraction of sp³-hybridized carbons (Fsp3) is 0.300. The number of ether oxygens (including phenoxy) is 1. The number of non-ortho nitro benzene ring substituents is 1. The van der Waals surface area contributed by atoms with Crippen LogP contribution < -0.4 is 5.32 Å². The smallest absolute Gasteiger partial charge is 0.339 e. The van der Waals surface area contributed by atoms with Crippen molar-refractivity contribution in [2.75, 3.05) is 6.54 Å². The van der Waals surface area contributed by atoms with Gasteiger partial charge in [-0.2, -0.15) is 0 Å². The lowest BCUT2D eigenvalue weighted by Gasteiger charge is -2.18. The Hall–Kier alpha value is -3.22. The molecule has 0 bridgehead atoms. The number of hydrogen-bond donors (Lipinski definition) is 1. The van der Waals surface area contributed by atoms with Crippen LogP contribution in [0.1, 0.15) is 42.1 Å². The van der Waals surface area contributed by atoms with Crippen molar-refractivity contribution in [1.82, 2.24) is 5.32 Å². The van der Waals surface area contributed by atoms with E-state index in [4.69, 9.17) is 4.74 Å². The molecule has 1 amide bonds. The van der Waals surface area contributed by atoms with Gasteiger partial charge in [-0.25, -0.2) is 4.79 Å². The molecule has 0 saturated carbocycles. The maximum Gasteiger partial charge on any atom is 0.339 e. The summed E-state index contributed by atoms with van der Waals surface area (Å²) < 4.78 is 5.13. The second-order valence-corrected chi connectivity index (χ2v) is 6.12. The Bertz CT molecular complexity index is 807. The number of hydrogen-bond acceptors (Lipinski definition) is 5. The van der Waals surface area contributed by atoms with Gasteiger partial charge in [-0.3, -0.25) is 14.9 Å². The van der Waals surface area contributed by atoms with Gasteiger partial charge in [-0.15, -0.1) is 0 Å². The highest BCUT2D eigenvalue weighted by Crippen LogP contribution is 2.18. The minimum atomic E-state index is -1.01. The number of rotatable bonds is 8. The second-order valence-electron chi connectivity index (χ2n) is 6.12. The number of amides is 1. The van der Waals surface area contributed by atoms with E-state index >= 15 is 0 Å². The van der Waals surface area contributed by atoms with Crippen LogP contribution in [0.15, 0.2) is 54.6 Å². The van der Waals surface area contributed by atoms with Crippen LogP contribution in [-0.2, 0) is 9.53 Å². The topological polar surface area (TPSA) is 98.5 Å². The van der Waals surface area contributed by atoms with Gasteiger partial charge in [0.25, 0.3) is 11.6 Å². The van der Waals surface area contributed by atoms with Gasteiger partial charge in [0.2, 0.25) is 0 Å². The van der Waals surface area contributed by atoms with Gasteiger partial charge in [-0.1, -0.05) is 43.3 Å². The first-order valence-corrected chi connectivity index (χ1v) is 8.70. The summed E-state index contributed by atoms with van der Waals surface area (Å²) in [6.07, 6.45) is -0.156. The molecule has 0 spiro atoms. The van der Waals surface area contributed by atoms with E-state index in [2.05, 4.69) is 5.32 Å². The zero-order valence-corrected chi connectivity index (χ0v) is 15.3. The quantitative estimate of drug-likeness (QED) is 0.436. The van der Waals surface area contributed by atoms with E-state index in [0.29, 0.717) is 6.54 Å². The van der Waals surface area contributed by atoms with E-state index in [-0.39, 0.29) is 17.2 Å². The molecule has 0 radical (unpaired) electrons. The Kier molecular flexibility index (Phi) is 7.05. The summed E-state index contributed by atoms with van der Waals surface area (Å²) in [6.45, 7) is 3.93. The molecule has 0 unspecified atom stereocenters. The Morgan fingerprint density at radius 2 is 1.85 bits per heavy atom. The molecule has 0 saturated heterocycles. The molecule has 7 heteroatoms. The number of nitrogens with zero attached hydrogens (tertiary/aromatic N) is 1. The third-order valence-electron chi connectivity index (χ3n) is 4.23. The summed E-state index contributed by atoms with van der Waals surface area (Å²) in [5.41, 5.74) is 0.941. The molecule has 1 N–H and O–H groups in total. The lowest BCUT2D eigenvalue weighted by atomic mass is 9.96. The Balaban J connectivity index is 1.92. The van der Waals surface area contributed by atoms with Crippen LogP contribution in [-0.4, -0.2) is 29.4 Å². The number of esters is 1. The van der Waals surface area contributed by atoms with Crippen molar-refractivity contribution >= 4 is 17.6 Å². The summed E-state index contributed by atoms with van der Waals surface area (Å²) >= 11 is 0. The molecule has 0 aliphatic rings. The van der Waals surface area contributed by atoms with Crippen molar-refractivity contribution in [1.29, 1.82) is 0 Å². The van der Waals surface area contributed by atoms with Crippen LogP contribution in [0.5, 0.6) is 0 Å². The van der Waals surface area contributed by atoms with E-state index in [1.165, 1.54) is 25.1 Å². The summed E-state index contributed by atoms with van der Waals surface area (Å²) in [5, 5.41) is 13.6. The minimum absolute atomic E-state index is 0.0274. The largest absolute Gasteiger partial charge is 0.449 e. The molecule has 2 aromatic rings. The molecule has 2 aromatic carbocycles. The number of nitro groups is 1. The summed E-state index contributed by atoms with van der Waals surface area (Å²) in [7, 11) is 0. The Labute approximate surface area is 157 Å². The Morgan fingerprint density at radius 3 is 2.48 bits per heavy atom. The predicted molar refractivity (Wildman–Crippen MR) is 100 cm³/mol. The fourth-order valence-corrected chi connectivity index (χ4v) is 2.62. The number of nitro benzene ring substituents is 1. The zero-order valence-electron chi connectivity index (χ0n) is 15.3. The van der Waals surface area contributed by atoms with E-state index in [0.717, 1.165) is 18.1 Å². The maximum atomic E-state index is 12.2. The van der Waals surface area contributed by atoms with Gasteiger partial charge >= 0.3 is 5.97 Å². The fourth-order valence-electron chi connectivity index (χ4n) is 2.62. The normalized spacial score (nSPS) is 12.7. The lowest BCUT2D eigenvalue weighted by Crippen LogP contribution is -2.38.